The van der Waals surface area contributed by atoms with E-state index >= 15 is 0 Å². The maximum Gasteiger partial charge on any atom is 0.251 e. The summed E-state index contributed by atoms with van der Waals surface area (Å²) < 4.78 is 27.1. The fourth-order valence-electron chi connectivity index (χ4n) is 2.55. The fraction of sp³-hybridized carbons (Fsp3) is 0.533. The third kappa shape index (κ3) is 4.01. The molecule has 1 aliphatic heterocycles. The first kappa shape index (κ1) is 17.7. The van der Waals surface area contributed by atoms with Gasteiger partial charge in [0.25, 0.3) is 5.91 Å². The molecular weight excluding hydrogens is 316 g/mol. The Hall–Kier alpha value is -1.64. The van der Waals surface area contributed by atoms with Crippen molar-refractivity contribution in [3.05, 3.63) is 23.8 Å². The lowest BCUT2D eigenvalue weighted by Crippen LogP contribution is -2.45. The Labute approximate surface area is 137 Å². The molecular formula is C15H24N4O3S. The van der Waals surface area contributed by atoms with E-state index in [2.05, 4.69) is 14.9 Å². The molecule has 7 nitrogen and oxygen atoms in total. The molecule has 1 amide bonds. The van der Waals surface area contributed by atoms with Crippen molar-refractivity contribution in [1.29, 1.82) is 0 Å². The highest BCUT2D eigenvalue weighted by atomic mass is 32.2. The number of hydrogen-bond acceptors (Lipinski definition) is 5. The summed E-state index contributed by atoms with van der Waals surface area (Å²) in [4.78, 5) is 16.4. The van der Waals surface area contributed by atoms with E-state index in [9.17, 15) is 13.2 Å². The molecule has 1 saturated heterocycles. The van der Waals surface area contributed by atoms with Gasteiger partial charge in [-0.05, 0) is 39.2 Å². The van der Waals surface area contributed by atoms with Crippen molar-refractivity contribution in [2.45, 2.75) is 11.8 Å². The monoisotopic (exact) mass is 340 g/mol. The van der Waals surface area contributed by atoms with E-state index in [-0.39, 0.29) is 10.8 Å². The first-order valence-corrected chi connectivity index (χ1v) is 9.16. The van der Waals surface area contributed by atoms with E-state index in [1.54, 1.807) is 12.1 Å². The maximum absolute atomic E-state index is 12.4. The molecule has 1 aromatic rings. The van der Waals surface area contributed by atoms with E-state index in [0.717, 1.165) is 26.2 Å². The Balaban J connectivity index is 2.43. The quantitative estimate of drug-likeness (QED) is 0.794. The average Bonchev–Trinajstić information content (AvgIpc) is 2.55. The number of carbonyl (C=O) groups is 1. The van der Waals surface area contributed by atoms with Crippen LogP contribution in [0.1, 0.15) is 17.3 Å². The van der Waals surface area contributed by atoms with Crippen LogP contribution >= 0.6 is 0 Å². The molecule has 2 N–H and O–H groups in total. The Morgan fingerprint density at radius 1 is 1.22 bits per heavy atom. The van der Waals surface area contributed by atoms with E-state index in [1.165, 1.54) is 13.1 Å². The van der Waals surface area contributed by atoms with Crippen molar-refractivity contribution in [1.82, 2.24) is 14.9 Å². The number of anilines is 1. The van der Waals surface area contributed by atoms with Gasteiger partial charge in [-0.15, -0.1) is 0 Å². The molecule has 1 fully saturated rings. The Morgan fingerprint density at radius 3 is 2.43 bits per heavy atom. The predicted octanol–water partition coefficient (Wildman–Crippen LogP) is 0.0962. The summed E-state index contributed by atoms with van der Waals surface area (Å²) in [5, 5.41) is 2.69. The lowest BCUT2D eigenvalue weighted by molar-refractivity contribution is 0.0955. The van der Waals surface area contributed by atoms with E-state index in [1.807, 2.05) is 18.9 Å². The number of benzene rings is 1. The molecule has 0 aliphatic carbocycles. The van der Waals surface area contributed by atoms with Crippen molar-refractivity contribution < 1.29 is 13.2 Å². The molecule has 23 heavy (non-hydrogen) atoms. The summed E-state index contributed by atoms with van der Waals surface area (Å²) >= 11 is 0. The van der Waals surface area contributed by atoms with Gasteiger partial charge in [0.15, 0.2) is 0 Å². The lowest BCUT2D eigenvalue weighted by atomic mass is 10.1. The van der Waals surface area contributed by atoms with Gasteiger partial charge in [0.05, 0.1) is 5.69 Å². The first-order chi connectivity index (χ1) is 10.9. The highest BCUT2D eigenvalue weighted by molar-refractivity contribution is 7.89. The molecule has 1 aromatic carbocycles. The highest BCUT2D eigenvalue weighted by Gasteiger charge is 2.24. The number of likely N-dealkylation sites (N-methyl/N-ethyl adjacent to an activating group) is 1. The molecule has 128 valence electrons. The van der Waals surface area contributed by atoms with Crippen LogP contribution in [0.3, 0.4) is 0 Å². The molecule has 1 heterocycles. The normalized spacial score (nSPS) is 16.4. The largest absolute Gasteiger partial charge is 0.368 e. The number of carbonyl (C=O) groups excluding carboxylic acids is 1. The molecule has 0 unspecified atom stereocenters. The van der Waals surface area contributed by atoms with Crippen LogP contribution in [-0.2, 0) is 10.0 Å². The minimum Gasteiger partial charge on any atom is -0.368 e. The van der Waals surface area contributed by atoms with E-state index < -0.39 is 10.0 Å². The second-order valence-corrected chi connectivity index (χ2v) is 7.39. The molecule has 2 rings (SSSR count). The zero-order chi connectivity index (χ0) is 17.0. The number of nitrogens with one attached hydrogen (secondary N) is 2. The number of sulfonamides is 1. The van der Waals surface area contributed by atoms with Gasteiger partial charge in [0.2, 0.25) is 10.0 Å². The Bertz CT molecular complexity index is 667. The minimum absolute atomic E-state index is 0.147. The van der Waals surface area contributed by atoms with Crippen molar-refractivity contribution in [3.8, 4) is 0 Å². The topological polar surface area (TPSA) is 81.8 Å². The van der Waals surface area contributed by atoms with E-state index in [0.29, 0.717) is 17.8 Å². The average molecular weight is 340 g/mol. The van der Waals surface area contributed by atoms with Crippen LogP contribution in [0.5, 0.6) is 0 Å². The van der Waals surface area contributed by atoms with Gasteiger partial charge in [0.1, 0.15) is 4.90 Å². The van der Waals surface area contributed by atoms with Crippen molar-refractivity contribution in [2.75, 3.05) is 51.7 Å². The molecule has 0 bridgehead atoms. The predicted molar refractivity (Wildman–Crippen MR) is 90.4 cm³/mol. The minimum atomic E-state index is -3.65. The van der Waals surface area contributed by atoms with Gasteiger partial charge >= 0.3 is 0 Å². The van der Waals surface area contributed by atoms with Gasteiger partial charge < -0.3 is 15.1 Å². The third-order valence-electron chi connectivity index (χ3n) is 3.96. The van der Waals surface area contributed by atoms with Crippen molar-refractivity contribution in [2.24, 2.45) is 0 Å². The summed E-state index contributed by atoms with van der Waals surface area (Å²) in [6, 6.07) is 4.85. The first-order valence-electron chi connectivity index (χ1n) is 7.68. The number of nitrogens with zero attached hydrogens (tertiary/aromatic N) is 2. The molecule has 0 saturated carbocycles. The lowest BCUT2D eigenvalue weighted by Gasteiger charge is -2.35. The molecule has 0 spiro atoms. The standard InChI is InChI=1S/C15H24N4O3S/c1-4-17-15(20)12-5-6-13(14(11-12)23(21,22)16-2)19-9-7-18(3)8-10-19/h5-6,11,16H,4,7-10H2,1-3H3,(H,17,20). The van der Waals surface area contributed by atoms with Crippen LogP contribution in [-0.4, -0.2) is 66.0 Å². The third-order valence-corrected chi connectivity index (χ3v) is 5.41. The fourth-order valence-corrected chi connectivity index (χ4v) is 3.53. The van der Waals surface area contributed by atoms with Crippen molar-refractivity contribution in [3.63, 3.8) is 0 Å². The van der Waals surface area contributed by atoms with Crippen LogP contribution < -0.4 is 14.9 Å². The van der Waals surface area contributed by atoms with Crippen LogP contribution in [0.25, 0.3) is 0 Å². The molecule has 0 atom stereocenters. The number of rotatable bonds is 5. The van der Waals surface area contributed by atoms with Crippen molar-refractivity contribution >= 4 is 21.6 Å². The van der Waals surface area contributed by atoms with Gasteiger partial charge in [-0.25, -0.2) is 13.1 Å². The number of hydrogen-bond donors (Lipinski definition) is 2. The highest BCUT2D eigenvalue weighted by Crippen LogP contribution is 2.27. The number of piperazine rings is 1. The van der Waals surface area contributed by atoms with E-state index in [4.69, 9.17) is 0 Å². The van der Waals surface area contributed by atoms with Crippen LogP contribution in [0.2, 0.25) is 0 Å². The zero-order valence-electron chi connectivity index (χ0n) is 13.8. The second-order valence-electron chi connectivity index (χ2n) is 5.54. The van der Waals surface area contributed by atoms with Crippen LogP contribution in [0.4, 0.5) is 5.69 Å². The van der Waals surface area contributed by atoms with Gasteiger partial charge in [-0.1, -0.05) is 0 Å². The summed E-state index contributed by atoms with van der Waals surface area (Å²) in [5.74, 6) is -0.273. The van der Waals surface area contributed by atoms with Gasteiger partial charge in [0, 0.05) is 38.3 Å². The number of amides is 1. The Kier molecular flexibility index (Phi) is 5.61. The van der Waals surface area contributed by atoms with Crippen LogP contribution in [0, 0.1) is 0 Å². The van der Waals surface area contributed by atoms with Crippen LogP contribution in [0.15, 0.2) is 23.1 Å². The zero-order valence-corrected chi connectivity index (χ0v) is 14.6. The summed E-state index contributed by atoms with van der Waals surface area (Å²) in [5.41, 5.74) is 0.985. The summed E-state index contributed by atoms with van der Waals surface area (Å²) in [6.45, 7) is 5.57. The summed E-state index contributed by atoms with van der Waals surface area (Å²) in [7, 11) is -0.229. The maximum atomic E-state index is 12.4. The Morgan fingerprint density at radius 2 is 1.87 bits per heavy atom. The van der Waals surface area contributed by atoms with Gasteiger partial charge in [-0.2, -0.15) is 0 Å². The molecule has 0 aromatic heterocycles. The smallest absolute Gasteiger partial charge is 0.251 e. The second kappa shape index (κ2) is 7.29. The molecule has 1 aliphatic rings. The SMILES string of the molecule is CCNC(=O)c1ccc(N2CCN(C)CC2)c(S(=O)(=O)NC)c1. The molecule has 8 heteroatoms. The van der Waals surface area contributed by atoms with Gasteiger partial charge in [-0.3, -0.25) is 4.79 Å². The summed E-state index contributed by atoms with van der Waals surface area (Å²) in [6.07, 6.45) is 0. The molecule has 0 radical (unpaired) electrons.